The molecule has 1 atom stereocenters. The Hall–Kier alpha value is -1.52. The summed E-state index contributed by atoms with van der Waals surface area (Å²) in [5.41, 5.74) is 0. The summed E-state index contributed by atoms with van der Waals surface area (Å²) in [5, 5.41) is 1.82. The maximum absolute atomic E-state index is 13.6. The van der Waals surface area contributed by atoms with Gasteiger partial charge in [-0.15, -0.1) is 0 Å². The highest BCUT2D eigenvalue weighted by Gasteiger charge is 2.38. The number of rotatable bonds is 7. The second kappa shape index (κ2) is 8.92. The van der Waals surface area contributed by atoms with Gasteiger partial charge in [0.05, 0.1) is 29.6 Å². The van der Waals surface area contributed by atoms with Crippen molar-refractivity contribution in [2.45, 2.75) is 23.8 Å². The first-order valence-corrected chi connectivity index (χ1v) is 13.6. The van der Waals surface area contributed by atoms with Gasteiger partial charge in [-0.1, -0.05) is 30.3 Å². The summed E-state index contributed by atoms with van der Waals surface area (Å²) >= 11 is 0. The summed E-state index contributed by atoms with van der Waals surface area (Å²) in [6.45, 7) is 4.16. The Morgan fingerprint density at radius 2 is 1.80 bits per heavy atom. The molecule has 0 aliphatic carbocycles. The van der Waals surface area contributed by atoms with Crippen molar-refractivity contribution in [1.82, 2.24) is 9.21 Å². The maximum Gasteiger partial charge on any atom is 0.243 e. The van der Waals surface area contributed by atoms with Crippen LogP contribution in [0, 0.1) is 0 Å². The van der Waals surface area contributed by atoms with E-state index in [4.69, 9.17) is 4.74 Å². The zero-order valence-corrected chi connectivity index (χ0v) is 18.6. The summed E-state index contributed by atoms with van der Waals surface area (Å²) in [5.74, 6) is -0.0533. The monoisotopic (exact) mass is 452 g/mol. The smallest absolute Gasteiger partial charge is 0.243 e. The van der Waals surface area contributed by atoms with Gasteiger partial charge in [-0.05, 0) is 42.3 Å². The van der Waals surface area contributed by atoms with E-state index in [1.807, 2.05) is 24.3 Å². The van der Waals surface area contributed by atoms with E-state index < -0.39 is 25.9 Å². The summed E-state index contributed by atoms with van der Waals surface area (Å²) in [7, 11) is -7.00. The Morgan fingerprint density at radius 3 is 2.50 bits per heavy atom. The molecule has 2 aliphatic heterocycles. The largest absolute Gasteiger partial charge is 0.379 e. The van der Waals surface area contributed by atoms with Crippen LogP contribution in [0.3, 0.4) is 0 Å². The summed E-state index contributed by atoms with van der Waals surface area (Å²) < 4.78 is 58.0. The van der Waals surface area contributed by atoms with Crippen molar-refractivity contribution in [2.24, 2.45) is 0 Å². The fourth-order valence-corrected chi connectivity index (χ4v) is 7.79. The molecule has 0 radical (unpaired) electrons. The lowest BCUT2D eigenvalue weighted by Gasteiger charge is -2.30. The Balaban J connectivity index is 1.57. The molecule has 0 saturated carbocycles. The lowest BCUT2D eigenvalue weighted by Crippen LogP contribution is -2.43. The van der Waals surface area contributed by atoms with Crippen molar-refractivity contribution in [2.75, 3.05) is 50.9 Å². The first-order valence-electron chi connectivity index (χ1n) is 10.4. The fraction of sp³-hybridized carbons (Fsp3) is 0.524. The van der Waals surface area contributed by atoms with Crippen molar-refractivity contribution in [3.05, 3.63) is 42.5 Å². The molecule has 7 nitrogen and oxygen atoms in total. The number of hydrogen-bond acceptors (Lipinski definition) is 6. The second-order valence-corrected chi connectivity index (χ2v) is 12.1. The van der Waals surface area contributed by atoms with Crippen LogP contribution in [0.5, 0.6) is 0 Å². The Kier molecular flexibility index (Phi) is 6.45. The number of hydrogen-bond donors (Lipinski definition) is 0. The molecule has 0 spiro atoms. The number of nitrogens with zero attached hydrogens (tertiary/aromatic N) is 2. The standard InChI is InChI=1S/C21H28N2O5S2/c24-29(25)15-8-20(17-29)23(10-3-9-22-11-13-28-14-12-22)30(26,27)21-7-6-18-4-1-2-5-19(18)16-21/h1-2,4-7,16,20H,3,8-15,17H2/t20-/m1/s1. The van der Waals surface area contributed by atoms with Crippen LogP contribution in [0.25, 0.3) is 10.8 Å². The highest BCUT2D eigenvalue weighted by atomic mass is 32.2. The van der Waals surface area contributed by atoms with Crippen LogP contribution < -0.4 is 0 Å². The van der Waals surface area contributed by atoms with Crippen LogP contribution in [-0.4, -0.2) is 83.0 Å². The third-order valence-corrected chi connectivity index (χ3v) is 9.60. The Morgan fingerprint density at radius 1 is 1.07 bits per heavy atom. The van der Waals surface area contributed by atoms with Crippen LogP contribution in [0.2, 0.25) is 0 Å². The van der Waals surface area contributed by atoms with Crippen LogP contribution in [-0.2, 0) is 24.6 Å². The van der Waals surface area contributed by atoms with E-state index >= 15 is 0 Å². The summed E-state index contributed by atoms with van der Waals surface area (Å²) in [4.78, 5) is 2.48. The molecule has 0 amide bonds. The predicted octanol–water partition coefficient (Wildman–Crippen LogP) is 1.74. The van der Waals surface area contributed by atoms with Crippen molar-refractivity contribution in [3.8, 4) is 0 Å². The molecule has 2 aromatic rings. The SMILES string of the molecule is O=S1(=O)CC[C@@H](N(CCCN2CCOCC2)S(=O)(=O)c2ccc3ccccc3c2)C1. The van der Waals surface area contributed by atoms with Crippen molar-refractivity contribution in [1.29, 1.82) is 0 Å². The number of morpholine rings is 1. The maximum atomic E-state index is 13.6. The van der Waals surface area contributed by atoms with Gasteiger partial charge in [0.25, 0.3) is 0 Å². The van der Waals surface area contributed by atoms with E-state index in [1.165, 1.54) is 4.31 Å². The average molecular weight is 453 g/mol. The minimum atomic E-state index is -3.80. The van der Waals surface area contributed by atoms with Crippen LogP contribution >= 0.6 is 0 Å². The molecule has 0 unspecified atom stereocenters. The zero-order valence-electron chi connectivity index (χ0n) is 16.9. The van der Waals surface area contributed by atoms with E-state index in [0.717, 1.165) is 30.4 Å². The normalized spacial score (nSPS) is 22.6. The number of sulfone groups is 1. The first kappa shape index (κ1) is 21.7. The molecule has 0 aromatic heterocycles. The van der Waals surface area contributed by atoms with Gasteiger partial charge >= 0.3 is 0 Å². The molecule has 9 heteroatoms. The highest BCUT2D eigenvalue weighted by Crippen LogP contribution is 2.27. The number of ether oxygens (including phenoxy) is 1. The van der Waals surface area contributed by atoms with Gasteiger partial charge in [0.1, 0.15) is 0 Å². The van der Waals surface area contributed by atoms with Gasteiger partial charge in [0, 0.05) is 25.7 Å². The van der Waals surface area contributed by atoms with E-state index in [0.29, 0.717) is 32.6 Å². The predicted molar refractivity (Wildman–Crippen MR) is 117 cm³/mol. The second-order valence-electron chi connectivity index (χ2n) is 7.99. The molecule has 4 rings (SSSR count). The number of benzene rings is 2. The van der Waals surface area contributed by atoms with Crippen molar-refractivity contribution < 1.29 is 21.6 Å². The molecule has 0 bridgehead atoms. The molecular weight excluding hydrogens is 424 g/mol. The van der Waals surface area contributed by atoms with Crippen LogP contribution in [0.4, 0.5) is 0 Å². The molecule has 30 heavy (non-hydrogen) atoms. The van der Waals surface area contributed by atoms with Crippen LogP contribution in [0.15, 0.2) is 47.4 Å². The quantitative estimate of drug-likeness (QED) is 0.636. The molecule has 2 aromatic carbocycles. The van der Waals surface area contributed by atoms with E-state index in [2.05, 4.69) is 4.90 Å². The highest BCUT2D eigenvalue weighted by molar-refractivity contribution is 7.92. The molecular formula is C21H28N2O5S2. The van der Waals surface area contributed by atoms with Gasteiger partial charge in [-0.3, -0.25) is 4.90 Å². The third-order valence-electron chi connectivity index (χ3n) is 5.90. The Labute approximate surface area is 178 Å². The van der Waals surface area contributed by atoms with Gasteiger partial charge < -0.3 is 4.74 Å². The van der Waals surface area contributed by atoms with Gasteiger partial charge in [-0.2, -0.15) is 4.31 Å². The van der Waals surface area contributed by atoms with E-state index in [-0.39, 0.29) is 16.4 Å². The number of fused-ring (bicyclic) bond motifs is 1. The lowest BCUT2D eigenvalue weighted by atomic mass is 10.1. The molecule has 2 fully saturated rings. The molecule has 2 heterocycles. The van der Waals surface area contributed by atoms with Gasteiger partial charge in [0.15, 0.2) is 9.84 Å². The minimum absolute atomic E-state index is 0.0465. The van der Waals surface area contributed by atoms with Gasteiger partial charge in [-0.25, -0.2) is 16.8 Å². The van der Waals surface area contributed by atoms with Gasteiger partial charge in [0.2, 0.25) is 10.0 Å². The van der Waals surface area contributed by atoms with E-state index in [9.17, 15) is 16.8 Å². The minimum Gasteiger partial charge on any atom is -0.379 e. The van der Waals surface area contributed by atoms with Crippen molar-refractivity contribution >= 4 is 30.6 Å². The number of sulfonamides is 1. The molecule has 2 aliphatic rings. The average Bonchev–Trinajstić information content (AvgIpc) is 3.10. The zero-order chi connectivity index (χ0) is 21.2. The first-order chi connectivity index (χ1) is 14.4. The van der Waals surface area contributed by atoms with Crippen molar-refractivity contribution in [3.63, 3.8) is 0 Å². The molecule has 164 valence electrons. The molecule has 0 N–H and O–H groups in total. The summed E-state index contributed by atoms with van der Waals surface area (Å²) in [6.07, 6.45) is 1.01. The van der Waals surface area contributed by atoms with Crippen LogP contribution in [0.1, 0.15) is 12.8 Å². The lowest BCUT2D eigenvalue weighted by molar-refractivity contribution is 0.0367. The fourth-order valence-electron chi connectivity index (χ4n) is 4.24. The third kappa shape index (κ3) is 4.86. The Bertz CT molecular complexity index is 1100. The molecule has 2 saturated heterocycles. The topological polar surface area (TPSA) is 84.0 Å². The van der Waals surface area contributed by atoms with E-state index in [1.54, 1.807) is 18.2 Å². The summed E-state index contributed by atoms with van der Waals surface area (Å²) in [6, 6.07) is 12.2.